The van der Waals surface area contributed by atoms with Crippen molar-refractivity contribution >= 4 is 27.7 Å². The first kappa shape index (κ1) is 13.5. The Morgan fingerprint density at radius 3 is 2.94 bits per heavy atom. The summed E-state index contributed by atoms with van der Waals surface area (Å²) in [5.74, 6) is 1.02. The molecule has 1 fully saturated rings. The lowest BCUT2D eigenvalue weighted by molar-refractivity contribution is -0.0976. The molecule has 2 rings (SSSR count). The number of halogens is 1. The van der Waals surface area contributed by atoms with Crippen LogP contribution in [0.3, 0.4) is 0 Å². The molecule has 1 aliphatic carbocycles. The number of anilines is 2. The third-order valence-corrected chi connectivity index (χ3v) is 4.20. The molecule has 2 atom stereocenters. The number of nitrogen functional groups attached to an aromatic ring is 1. The Kier molecular flexibility index (Phi) is 3.77. The predicted octanol–water partition coefficient (Wildman–Crippen LogP) is 2.44. The number of nitrogens with one attached hydrogen (secondary N) is 1. The number of nitrogens with zero attached hydrogens (tertiary/aromatic N) is 2. The van der Waals surface area contributed by atoms with Gasteiger partial charge in [-0.05, 0) is 29.3 Å². The van der Waals surface area contributed by atoms with Crippen LogP contribution in [0, 0.1) is 5.41 Å². The normalized spacial score (nSPS) is 25.6. The number of hydrogen-bond donors (Lipinski definition) is 2. The largest absolute Gasteiger partial charge is 0.378 e. The van der Waals surface area contributed by atoms with Crippen molar-refractivity contribution < 1.29 is 4.74 Å². The van der Waals surface area contributed by atoms with Crippen molar-refractivity contribution in [2.45, 2.75) is 39.3 Å². The maximum absolute atomic E-state index is 5.71. The van der Waals surface area contributed by atoms with Crippen LogP contribution in [0.1, 0.15) is 27.2 Å². The molecule has 1 heterocycles. The highest BCUT2D eigenvalue weighted by molar-refractivity contribution is 9.10. The summed E-state index contributed by atoms with van der Waals surface area (Å²) < 4.78 is 6.53. The van der Waals surface area contributed by atoms with E-state index in [1.807, 2.05) is 6.92 Å². The van der Waals surface area contributed by atoms with Crippen LogP contribution < -0.4 is 11.1 Å². The number of nitrogens with two attached hydrogens (primary N) is 1. The van der Waals surface area contributed by atoms with E-state index in [4.69, 9.17) is 10.5 Å². The van der Waals surface area contributed by atoms with Crippen LogP contribution in [-0.4, -0.2) is 28.7 Å². The fourth-order valence-electron chi connectivity index (χ4n) is 2.26. The van der Waals surface area contributed by atoms with E-state index in [9.17, 15) is 0 Å². The van der Waals surface area contributed by atoms with E-state index in [0.717, 1.165) is 23.3 Å². The summed E-state index contributed by atoms with van der Waals surface area (Å²) >= 11 is 3.42. The molecule has 1 aliphatic rings. The van der Waals surface area contributed by atoms with Crippen LogP contribution in [0.5, 0.6) is 0 Å². The van der Waals surface area contributed by atoms with E-state index in [2.05, 4.69) is 45.1 Å². The molecule has 0 aliphatic heterocycles. The van der Waals surface area contributed by atoms with Crippen LogP contribution in [0.25, 0.3) is 0 Å². The first-order valence-electron chi connectivity index (χ1n) is 6.11. The zero-order chi connectivity index (χ0) is 13.3. The van der Waals surface area contributed by atoms with Gasteiger partial charge in [-0.2, -0.15) is 4.98 Å². The van der Waals surface area contributed by atoms with Crippen LogP contribution >= 0.6 is 15.9 Å². The summed E-state index contributed by atoms with van der Waals surface area (Å²) in [5, 5.41) is 3.41. The molecule has 6 heteroatoms. The third kappa shape index (κ3) is 2.44. The third-order valence-electron chi connectivity index (χ3n) is 3.62. The summed E-state index contributed by atoms with van der Waals surface area (Å²) in [6.45, 7) is 7.18. The van der Waals surface area contributed by atoms with Gasteiger partial charge in [-0.3, -0.25) is 0 Å². The fraction of sp³-hybridized carbons (Fsp3) is 0.667. The van der Waals surface area contributed by atoms with Gasteiger partial charge >= 0.3 is 0 Å². The quantitative estimate of drug-likeness (QED) is 0.893. The van der Waals surface area contributed by atoms with Crippen molar-refractivity contribution in [2.75, 3.05) is 17.7 Å². The standard InChI is InChI=1S/C12H19BrN4O/c1-4-18-9-5-8(12(9,2)3)16-10-7(13)6-15-11(14)17-10/h6,8-9H,4-5H2,1-3H3,(H3,14,15,16,17). The Bertz CT molecular complexity index is 438. The van der Waals surface area contributed by atoms with Gasteiger partial charge in [0, 0.05) is 24.3 Å². The molecule has 1 aromatic heterocycles. The van der Waals surface area contributed by atoms with Gasteiger partial charge in [-0.25, -0.2) is 4.98 Å². The number of rotatable bonds is 4. The second-order valence-corrected chi connectivity index (χ2v) is 5.98. The summed E-state index contributed by atoms with van der Waals surface area (Å²) in [4.78, 5) is 8.13. The Morgan fingerprint density at radius 2 is 2.33 bits per heavy atom. The Labute approximate surface area is 116 Å². The van der Waals surface area contributed by atoms with Crippen molar-refractivity contribution in [3.63, 3.8) is 0 Å². The lowest BCUT2D eigenvalue weighted by Crippen LogP contribution is -2.58. The van der Waals surface area contributed by atoms with Gasteiger partial charge < -0.3 is 15.8 Å². The van der Waals surface area contributed by atoms with Crippen molar-refractivity contribution in [3.8, 4) is 0 Å². The van der Waals surface area contributed by atoms with E-state index in [1.54, 1.807) is 6.20 Å². The molecule has 1 saturated carbocycles. The zero-order valence-electron chi connectivity index (χ0n) is 10.9. The van der Waals surface area contributed by atoms with Gasteiger partial charge in [0.25, 0.3) is 0 Å². The minimum absolute atomic E-state index is 0.0924. The van der Waals surface area contributed by atoms with E-state index in [1.165, 1.54) is 0 Å². The van der Waals surface area contributed by atoms with Gasteiger partial charge in [0.2, 0.25) is 5.95 Å². The first-order valence-corrected chi connectivity index (χ1v) is 6.90. The summed E-state index contributed by atoms with van der Waals surface area (Å²) in [6.07, 6.45) is 2.95. The molecule has 0 aromatic carbocycles. The van der Waals surface area contributed by atoms with E-state index in [-0.39, 0.29) is 11.4 Å². The predicted molar refractivity (Wildman–Crippen MR) is 75.4 cm³/mol. The minimum Gasteiger partial charge on any atom is -0.378 e. The number of ether oxygens (including phenoxy) is 1. The van der Waals surface area contributed by atoms with E-state index < -0.39 is 0 Å². The molecule has 0 spiro atoms. The second kappa shape index (κ2) is 5.01. The Balaban J connectivity index is 2.05. The molecular formula is C12H19BrN4O. The highest BCUT2D eigenvalue weighted by Gasteiger charge is 2.49. The molecule has 3 N–H and O–H groups in total. The van der Waals surface area contributed by atoms with Gasteiger partial charge in [0.05, 0.1) is 10.6 Å². The lowest BCUT2D eigenvalue weighted by atomic mass is 9.64. The average molecular weight is 315 g/mol. The zero-order valence-corrected chi connectivity index (χ0v) is 12.5. The Hall–Kier alpha value is -0.880. The maximum Gasteiger partial charge on any atom is 0.221 e. The second-order valence-electron chi connectivity index (χ2n) is 5.12. The molecule has 1 aromatic rings. The summed E-state index contributed by atoms with van der Waals surface area (Å²) in [5.41, 5.74) is 5.69. The number of hydrogen-bond acceptors (Lipinski definition) is 5. The molecule has 100 valence electrons. The molecule has 0 radical (unpaired) electrons. The molecule has 0 bridgehead atoms. The molecule has 0 saturated heterocycles. The monoisotopic (exact) mass is 314 g/mol. The molecule has 5 nitrogen and oxygen atoms in total. The van der Waals surface area contributed by atoms with Crippen LogP contribution in [0.4, 0.5) is 11.8 Å². The van der Waals surface area contributed by atoms with E-state index >= 15 is 0 Å². The van der Waals surface area contributed by atoms with Crippen LogP contribution in [0.15, 0.2) is 10.7 Å². The van der Waals surface area contributed by atoms with Crippen molar-refractivity contribution in [3.05, 3.63) is 10.7 Å². The first-order chi connectivity index (χ1) is 8.45. The molecule has 18 heavy (non-hydrogen) atoms. The maximum atomic E-state index is 5.71. The number of aromatic nitrogens is 2. The van der Waals surface area contributed by atoms with Crippen molar-refractivity contribution in [2.24, 2.45) is 5.41 Å². The molecule has 2 unspecified atom stereocenters. The van der Waals surface area contributed by atoms with Gasteiger partial charge in [-0.1, -0.05) is 13.8 Å². The molecule has 0 amide bonds. The van der Waals surface area contributed by atoms with Crippen LogP contribution in [-0.2, 0) is 4.74 Å². The van der Waals surface area contributed by atoms with Gasteiger partial charge in [0.1, 0.15) is 5.82 Å². The SMILES string of the molecule is CCOC1CC(Nc2nc(N)ncc2Br)C1(C)C. The summed E-state index contributed by atoms with van der Waals surface area (Å²) in [6, 6.07) is 0.333. The van der Waals surface area contributed by atoms with Gasteiger partial charge in [0.15, 0.2) is 0 Å². The fourth-order valence-corrected chi connectivity index (χ4v) is 2.57. The van der Waals surface area contributed by atoms with E-state index in [0.29, 0.717) is 12.1 Å². The van der Waals surface area contributed by atoms with Gasteiger partial charge in [-0.15, -0.1) is 0 Å². The minimum atomic E-state index is 0.0924. The highest BCUT2D eigenvalue weighted by Crippen LogP contribution is 2.44. The van der Waals surface area contributed by atoms with Crippen molar-refractivity contribution in [1.82, 2.24) is 9.97 Å². The molecular weight excluding hydrogens is 296 g/mol. The topological polar surface area (TPSA) is 73.1 Å². The summed E-state index contributed by atoms with van der Waals surface area (Å²) in [7, 11) is 0. The lowest BCUT2D eigenvalue weighted by Gasteiger charge is -2.51. The smallest absolute Gasteiger partial charge is 0.221 e. The van der Waals surface area contributed by atoms with Crippen molar-refractivity contribution in [1.29, 1.82) is 0 Å². The average Bonchev–Trinajstić information content (AvgIpc) is 2.32. The van der Waals surface area contributed by atoms with Crippen LogP contribution in [0.2, 0.25) is 0 Å². The highest BCUT2D eigenvalue weighted by atomic mass is 79.9. The Morgan fingerprint density at radius 1 is 1.61 bits per heavy atom.